The first kappa shape index (κ1) is 18.1. The van der Waals surface area contributed by atoms with Crippen molar-refractivity contribution in [3.8, 4) is 0 Å². The van der Waals surface area contributed by atoms with E-state index in [9.17, 15) is 19.2 Å². The highest BCUT2D eigenvalue weighted by molar-refractivity contribution is 6.06. The molecule has 1 aromatic carbocycles. The zero-order chi connectivity index (χ0) is 17.6. The van der Waals surface area contributed by atoms with E-state index in [0.717, 1.165) is 12.1 Å². The molecule has 0 spiro atoms. The number of carbonyl (C=O) groups excluding carboxylic acids is 3. The molecule has 1 N–H and O–H groups in total. The van der Waals surface area contributed by atoms with Gasteiger partial charge in [0, 0.05) is 11.1 Å². The first-order valence-electron chi connectivity index (χ1n) is 6.62. The van der Waals surface area contributed by atoms with Crippen molar-refractivity contribution in [3.05, 3.63) is 47.0 Å². The molecular weight excluding hydrogens is 304 g/mol. The van der Waals surface area contributed by atoms with Crippen molar-refractivity contribution in [1.29, 1.82) is 0 Å². The van der Waals surface area contributed by atoms with Crippen LogP contribution in [-0.2, 0) is 14.3 Å². The predicted molar refractivity (Wildman–Crippen MR) is 79.5 cm³/mol. The summed E-state index contributed by atoms with van der Waals surface area (Å²) in [6.07, 6.45) is 0. The Morgan fingerprint density at radius 3 is 2.17 bits per heavy atom. The number of rotatable bonds is 7. The van der Waals surface area contributed by atoms with Crippen LogP contribution in [0.3, 0.4) is 0 Å². The van der Waals surface area contributed by atoms with Gasteiger partial charge in [0.1, 0.15) is 13.2 Å². The van der Waals surface area contributed by atoms with Crippen molar-refractivity contribution in [1.82, 2.24) is 0 Å². The minimum Gasteiger partial charge on any atom is -0.478 e. The summed E-state index contributed by atoms with van der Waals surface area (Å²) in [6.45, 7) is 5.79. The quantitative estimate of drug-likeness (QED) is 0.353. The molecule has 0 aliphatic rings. The lowest BCUT2D eigenvalue weighted by atomic mass is 10.0. The summed E-state index contributed by atoms with van der Waals surface area (Å²) in [4.78, 5) is 45.4. The lowest BCUT2D eigenvalue weighted by Crippen LogP contribution is -2.15. The third-order valence-electron chi connectivity index (χ3n) is 2.76. The third kappa shape index (κ3) is 5.06. The normalized spacial score (nSPS) is 9.83. The Hall–Kier alpha value is -2.96. The number of carboxylic acids is 1. The molecule has 0 atom stereocenters. The highest BCUT2D eigenvalue weighted by Crippen LogP contribution is 2.14. The minimum absolute atomic E-state index is 0.0337. The molecule has 0 saturated heterocycles. The first-order valence-corrected chi connectivity index (χ1v) is 6.62. The second-order valence-electron chi connectivity index (χ2n) is 4.67. The Bertz CT molecular complexity index is 673. The van der Waals surface area contributed by atoms with Crippen LogP contribution in [0.15, 0.2) is 30.4 Å². The van der Waals surface area contributed by atoms with E-state index in [1.165, 1.54) is 19.9 Å². The Morgan fingerprint density at radius 1 is 1.04 bits per heavy atom. The summed E-state index contributed by atoms with van der Waals surface area (Å²) in [6, 6.07) is 3.57. The third-order valence-corrected chi connectivity index (χ3v) is 2.76. The molecule has 23 heavy (non-hydrogen) atoms. The SMILES string of the molecule is C=C(C)C(=O)OCCOC(=O)c1ccc(C(=O)O)c(C(C)=O)c1. The summed E-state index contributed by atoms with van der Waals surface area (Å²) in [5.41, 5.74) is -0.0109. The highest BCUT2D eigenvalue weighted by atomic mass is 16.6. The van der Waals surface area contributed by atoms with Gasteiger partial charge in [-0.25, -0.2) is 14.4 Å². The average Bonchev–Trinajstić information content (AvgIpc) is 2.50. The van der Waals surface area contributed by atoms with E-state index in [1.807, 2.05) is 0 Å². The molecule has 0 bridgehead atoms. The van der Waals surface area contributed by atoms with E-state index in [2.05, 4.69) is 6.58 Å². The maximum atomic E-state index is 11.8. The van der Waals surface area contributed by atoms with Crippen molar-refractivity contribution in [2.24, 2.45) is 0 Å². The Kier molecular flexibility index (Phi) is 6.20. The molecule has 0 fully saturated rings. The molecular formula is C16H16O7. The predicted octanol–water partition coefficient (Wildman–Crippen LogP) is 1.86. The molecule has 0 radical (unpaired) electrons. The van der Waals surface area contributed by atoms with E-state index in [1.54, 1.807) is 0 Å². The molecule has 7 nitrogen and oxygen atoms in total. The average molecular weight is 320 g/mol. The molecule has 7 heteroatoms. The van der Waals surface area contributed by atoms with Crippen LogP contribution in [0.1, 0.15) is 44.9 Å². The Balaban J connectivity index is 2.72. The largest absolute Gasteiger partial charge is 0.478 e. The lowest BCUT2D eigenvalue weighted by molar-refractivity contribution is -0.140. The number of hydrogen-bond donors (Lipinski definition) is 1. The topological polar surface area (TPSA) is 107 Å². The Morgan fingerprint density at radius 2 is 1.65 bits per heavy atom. The number of carbonyl (C=O) groups is 4. The van der Waals surface area contributed by atoms with Gasteiger partial charge in [-0.05, 0) is 32.0 Å². The standard InChI is InChI=1S/C16H16O7/c1-9(2)15(20)22-6-7-23-16(21)11-4-5-12(14(18)19)13(8-11)10(3)17/h4-5,8H,1,6-7H2,2-3H3,(H,18,19). The molecule has 0 aliphatic carbocycles. The second-order valence-corrected chi connectivity index (χ2v) is 4.67. The molecule has 0 heterocycles. The van der Waals surface area contributed by atoms with E-state index in [-0.39, 0.29) is 35.5 Å². The van der Waals surface area contributed by atoms with E-state index >= 15 is 0 Å². The van der Waals surface area contributed by atoms with Gasteiger partial charge in [0.15, 0.2) is 5.78 Å². The lowest BCUT2D eigenvalue weighted by Gasteiger charge is -2.08. The zero-order valence-corrected chi connectivity index (χ0v) is 12.8. The smallest absolute Gasteiger partial charge is 0.338 e. The van der Waals surface area contributed by atoms with Gasteiger partial charge in [-0.15, -0.1) is 0 Å². The Labute approximate surface area is 132 Å². The summed E-state index contributed by atoms with van der Waals surface area (Å²) in [5, 5.41) is 8.99. The number of aromatic carboxylic acids is 1. The van der Waals surface area contributed by atoms with Crippen LogP contribution in [0.4, 0.5) is 0 Å². The molecule has 1 aromatic rings. The van der Waals surface area contributed by atoms with Crippen LogP contribution in [-0.4, -0.2) is 42.0 Å². The minimum atomic E-state index is -1.26. The van der Waals surface area contributed by atoms with Crippen molar-refractivity contribution < 1.29 is 33.8 Å². The molecule has 0 saturated carbocycles. The van der Waals surface area contributed by atoms with Gasteiger partial charge in [0.2, 0.25) is 0 Å². The first-order chi connectivity index (χ1) is 10.7. The van der Waals surface area contributed by atoms with Gasteiger partial charge in [-0.1, -0.05) is 6.58 Å². The molecule has 0 unspecified atom stereocenters. The summed E-state index contributed by atoms with van der Waals surface area (Å²) in [7, 11) is 0. The van der Waals surface area contributed by atoms with E-state index in [0.29, 0.717) is 0 Å². The fourth-order valence-corrected chi connectivity index (χ4v) is 1.62. The fraction of sp³-hybridized carbons (Fsp3) is 0.250. The van der Waals surface area contributed by atoms with Crippen molar-refractivity contribution in [2.75, 3.05) is 13.2 Å². The van der Waals surface area contributed by atoms with Crippen LogP contribution in [0, 0.1) is 0 Å². The molecule has 0 aliphatic heterocycles. The van der Waals surface area contributed by atoms with Crippen molar-refractivity contribution >= 4 is 23.7 Å². The van der Waals surface area contributed by atoms with Gasteiger partial charge >= 0.3 is 17.9 Å². The van der Waals surface area contributed by atoms with Gasteiger partial charge < -0.3 is 14.6 Å². The second kappa shape index (κ2) is 7.88. The maximum Gasteiger partial charge on any atom is 0.338 e. The summed E-state index contributed by atoms with van der Waals surface area (Å²) >= 11 is 0. The highest BCUT2D eigenvalue weighted by Gasteiger charge is 2.17. The maximum absolute atomic E-state index is 11.8. The molecule has 0 amide bonds. The van der Waals surface area contributed by atoms with Crippen LogP contribution in [0.25, 0.3) is 0 Å². The van der Waals surface area contributed by atoms with Gasteiger partial charge in [-0.3, -0.25) is 4.79 Å². The van der Waals surface area contributed by atoms with Crippen molar-refractivity contribution in [2.45, 2.75) is 13.8 Å². The van der Waals surface area contributed by atoms with Crippen molar-refractivity contribution in [3.63, 3.8) is 0 Å². The molecule has 0 aromatic heterocycles. The zero-order valence-electron chi connectivity index (χ0n) is 12.8. The number of carboxylic acid groups (broad SMARTS) is 1. The van der Waals surface area contributed by atoms with Crippen LogP contribution in [0.2, 0.25) is 0 Å². The number of ether oxygens (including phenoxy) is 2. The fourth-order valence-electron chi connectivity index (χ4n) is 1.62. The van der Waals surface area contributed by atoms with Gasteiger partial charge in [0.05, 0.1) is 11.1 Å². The number of hydrogen-bond acceptors (Lipinski definition) is 6. The number of Topliss-reactive ketones (excluding diaryl/α,β-unsaturated/α-hetero) is 1. The van der Waals surface area contributed by atoms with Crippen LogP contribution in [0.5, 0.6) is 0 Å². The van der Waals surface area contributed by atoms with Crippen LogP contribution >= 0.6 is 0 Å². The van der Waals surface area contributed by atoms with Gasteiger partial charge in [0.25, 0.3) is 0 Å². The number of esters is 2. The molecule has 122 valence electrons. The number of ketones is 1. The van der Waals surface area contributed by atoms with Crippen LogP contribution < -0.4 is 0 Å². The number of benzene rings is 1. The summed E-state index contributed by atoms with van der Waals surface area (Å²) < 4.78 is 9.64. The van der Waals surface area contributed by atoms with E-state index in [4.69, 9.17) is 14.6 Å². The van der Waals surface area contributed by atoms with Gasteiger partial charge in [-0.2, -0.15) is 0 Å². The monoisotopic (exact) mass is 320 g/mol. The van der Waals surface area contributed by atoms with E-state index < -0.39 is 23.7 Å². The summed E-state index contributed by atoms with van der Waals surface area (Å²) in [5.74, 6) is -3.09. The molecule has 1 rings (SSSR count).